The van der Waals surface area contributed by atoms with Crippen molar-refractivity contribution in [1.29, 1.82) is 0 Å². The SMILES string of the molecule is COC(=O)c1cc(Nc2ncnc(Nc3nc4ccccc4s3)c2[N+](=O)[O-])cc(C(=O)OC)c1. The van der Waals surface area contributed by atoms with E-state index >= 15 is 0 Å². The number of ether oxygens (including phenoxy) is 2. The molecule has 0 aliphatic carbocycles. The second-order valence-corrected chi connectivity index (χ2v) is 7.73. The molecule has 2 heterocycles. The van der Waals surface area contributed by atoms with Gasteiger partial charge in [0, 0.05) is 5.69 Å². The lowest BCUT2D eigenvalue weighted by molar-refractivity contribution is -0.383. The van der Waals surface area contributed by atoms with E-state index in [2.05, 4.69) is 25.6 Å². The predicted molar refractivity (Wildman–Crippen MR) is 124 cm³/mol. The van der Waals surface area contributed by atoms with Crippen LogP contribution in [0.25, 0.3) is 10.2 Å². The fourth-order valence-corrected chi connectivity index (χ4v) is 3.93. The Morgan fingerprint density at radius 1 is 0.971 bits per heavy atom. The zero-order valence-corrected chi connectivity index (χ0v) is 18.6. The van der Waals surface area contributed by atoms with Crippen LogP contribution in [0.3, 0.4) is 0 Å². The van der Waals surface area contributed by atoms with Gasteiger partial charge in [0.25, 0.3) is 0 Å². The molecule has 13 heteroatoms. The Morgan fingerprint density at radius 2 is 1.59 bits per heavy atom. The van der Waals surface area contributed by atoms with Crippen LogP contribution in [0, 0.1) is 10.1 Å². The number of rotatable bonds is 7. The first kappa shape index (κ1) is 22.5. The molecule has 4 rings (SSSR count). The Bertz CT molecular complexity index is 1350. The number of hydrogen-bond donors (Lipinski definition) is 2. The summed E-state index contributed by atoms with van der Waals surface area (Å²) in [4.78, 5) is 47.7. The van der Waals surface area contributed by atoms with E-state index in [0.717, 1.165) is 16.5 Å². The summed E-state index contributed by atoms with van der Waals surface area (Å²) in [6.45, 7) is 0. The van der Waals surface area contributed by atoms with Gasteiger partial charge in [0.2, 0.25) is 11.6 Å². The number of carbonyl (C=O) groups excluding carboxylic acids is 2. The Labute approximate surface area is 195 Å². The quantitative estimate of drug-likeness (QED) is 0.223. The number of esters is 2. The summed E-state index contributed by atoms with van der Waals surface area (Å²) in [5.74, 6) is -1.66. The average molecular weight is 480 g/mol. The number of nitrogens with one attached hydrogen (secondary N) is 2. The van der Waals surface area contributed by atoms with Crippen LogP contribution in [0.1, 0.15) is 20.7 Å². The minimum atomic E-state index is -0.704. The molecule has 34 heavy (non-hydrogen) atoms. The lowest BCUT2D eigenvalue weighted by Gasteiger charge is -2.11. The van der Waals surface area contributed by atoms with Crippen LogP contribution in [-0.2, 0) is 9.47 Å². The number of para-hydroxylation sites is 1. The van der Waals surface area contributed by atoms with Crippen molar-refractivity contribution in [2.75, 3.05) is 24.9 Å². The Morgan fingerprint density at radius 3 is 2.18 bits per heavy atom. The number of carbonyl (C=O) groups is 2. The van der Waals surface area contributed by atoms with Gasteiger partial charge >= 0.3 is 17.6 Å². The number of nitrogens with zero attached hydrogens (tertiary/aromatic N) is 4. The fourth-order valence-electron chi connectivity index (χ4n) is 3.07. The van der Waals surface area contributed by atoms with Gasteiger partial charge in [-0.2, -0.15) is 0 Å². The number of methoxy groups -OCH3 is 2. The van der Waals surface area contributed by atoms with Crippen LogP contribution in [0.15, 0.2) is 48.8 Å². The number of fused-ring (bicyclic) bond motifs is 1. The number of anilines is 4. The molecule has 2 aromatic carbocycles. The van der Waals surface area contributed by atoms with Crippen LogP contribution in [-0.4, -0.2) is 46.0 Å². The first-order valence-corrected chi connectivity index (χ1v) is 10.4. The second kappa shape index (κ2) is 9.46. The summed E-state index contributed by atoms with van der Waals surface area (Å²) in [6.07, 6.45) is 1.14. The van der Waals surface area contributed by atoms with Crippen molar-refractivity contribution in [3.63, 3.8) is 0 Å². The van der Waals surface area contributed by atoms with Crippen molar-refractivity contribution >= 4 is 61.6 Å². The second-order valence-electron chi connectivity index (χ2n) is 6.70. The lowest BCUT2D eigenvalue weighted by atomic mass is 10.1. The molecule has 0 aliphatic heterocycles. The third-order valence-electron chi connectivity index (χ3n) is 4.56. The van der Waals surface area contributed by atoms with Gasteiger partial charge in [0.05, 0.1) is 40.5 Å². The molecular formula is C21H16N6O6S. The van der Waals surface area contributed by atoms with Crippen LogP contribution in [0.5, 0.6) is 0 Å². The molecular weight excluding hydrogens is 464 g/mol. The molecule has 172 valence electrons. The van der Waals surface area contributed by atoms with Gasteiger partial charge in [-0.25, -0.2) is 24.5 Å². The zero-order valence-electron chi connectivity index (χ0n) is 17.8. The van der Waals surface area contributed by atoms with E-state index < -0.39 is 22.5 Å². The van der Waals surface area contributed by atoms with Gasteiger partial charge in [0.15, 0.2) is 5.13 Å². The van der Waals surface area contributed by atoms with Crippen molar-refractivity contribution < 1.29 is 24.0 Å². The molecule has 0 saturated heterocycles. The molecule has 4 aromatic rings. The summed E-state index contributed by atoms with van der Waals surface area (Å²) in [6, 6.07) is 11.4. The summed E-state index contributed by atoms with van der Waals surface area (Å²) in [5.41, 5.74) is 0.538. The van der Waals surface area contributed by atoms with E-state index in [-0.39, 0.29) is 28.5 Å². The summed E-state index contributed by atoms with van der Waals surface area (Å²) in [7, 11) is 2.38. The first-order valence-electron chi connectivity index (χ1n) is 9.60. The minimum absolute atomic E-state index is 0.0393. The summed E-state index contributed by atoms with van der Waals surface area (Å²) < 4.78 is 10.3. The average Bonchev–Trinajstić information content (AvgIpc) is 3.25. The Kier molecular flexibility index (Phi) is 6.27. The largest absolute Gasteiger partial charge is 0.465 e. The molecule has 0 aliphatic rings. The molecule has 0 atom stereocenters. The number of thiazole rings is 1. The maximum atomic E-state index is 12.0. The monoisotopic (exact) mass is 480 g/mol. The van der Waals surface area contributed by atoms with Gasteiger partial charge in [-0.1, -0.05) is 23.5 Å². The van der Waals surface area contributed by atoms with Gasteiger partial charge in [0.1, 0.15) is 6.33 Å². The maximum absolute atomic E-state index is 12.0. The predicted octanol–water partition coefficient (Wildman–Crippen LogP) is 4.05. The number of nitro groups is 1. The van der Waals surface area contributed by atoms with Crippen molar-refractivity contribution in [3.05, 3.63) is 70.0 Å². The first-order chi connectivity index (χ1) is 16.4. The highest BCUT2D eigenvalue weighted by atomic mass is 32.1. The maximum Gasteiger partial charge on any atom is 0.353 e. The number of benzene rings is 2. The zero-order chi connectivity index (χ0) is 24.2. The van der Waals surface area contributed by atoms with Crippen LogP contribution in [0.2, 0.25) is 0 Å². The molecule has 0 unspecified atom stereocenters. The van der Waals surface area contributed by atoms with Gasteiger partial charge in [-0.15, -0.1) is 0 Å². The van der Waals surface area contributed by atoms with E-state index in [1.807, 2.05) is 24.3 Å². The van der Waals surface area contributed by atoms with E-state index in [0.29, 0.717) is 5.13 Å². The van der Waals surface area contributed by atoms with Crippen molar-refractivity contribution in [1.82, 2.24) is 15.0 Å². The molecule has 0 amide bonds. The summed E-state index contributed by atoms with van der Waals surface area (Å²) in [5, 5.41) is 18.0. The van der Waals surface area contributed by atoms with Crippen LogP contribution in [0.4, 0.5) is 28.1 Å². The van der Waals surface area contributed by atoms with E-state index in [1.165, 1.54) is 43.8 Å². The fraction of sp³-hybridized carbons (Fsp3) is 0.0952. The Hall–Kier alpha value is -4.65. The van der Waals surface area contributed by atoms with E-state index in [9.17, 15) is 19.7 Å². The molecule has 12 nitrogen and oxygen atoms in total. The van der Waals surface area contributed by atoms with Gasteiger partial charge < -0.3 is 20.1 Å². The van der Waals surface area contributed by atoms with E-state index in [4.69, 9.17) is 9.47 Å². The smallest absolute Gasteiger partial charge is 0.353 e. The third kappa shape index (κ3) is 4.59. The molecule has 0 saturated carbocycles. The molecule has 0 fully saturated rings. The molecule has 0 radical (unpaired) electrons. The lowest BCUT2D eigenvalue weighted by Crippen LogP contribution is -2.09. The van der Waals surface area contributed by atoms with Crippen molar-refractivity contribution in [2.45, 2.75) is 0 Å². The Balaban J connectivity index is 1.73. The third-order valence-corrected chi connectivity index (χ3v) is 5.51. The number of aromatic nitrogens is 3. The van der Waals surface area contributed by atoms with Gasteiger partial charge in [-0.3, -0.25) is 10.1 Å². The highest BCUT2D eigenvalue weighted by molar-refractivity contribution is 7.22. The molecule has 2 N–H and O–H groups in total. The normalized spacial score (nSPS) is 10.5. The number of hydrogen-bond acceptors (Lipinski definition) is 12. The standard InChI is InChI=1S/C21H16N6O6S/c1-32-19(28)11-7-12(20(29)33-2)9-13(8-11)24-17-16(27(30)31)18(23-10-22-17)26-21-25-14-5-3-4-6-15(14)34-21/h3-10H,1-2H3,(H2,22,23,24,25,26). The van der Waals surface area contributed by atoms with Crippen LogP contribution >= 0.6 is 11.3 Å². The topological polar surface area (TPSA) is 158 Å². The molecule has 0 bridgehead atoms. The van der Waals surface area contributed by atoms with Crippen molar-refractivity contribution in [2.24, 2.45) is 0 Å². The summed E-state index contributed by atoms with van der Waals surface area (Å²) >= 11 is 1.31. The van der Waals surface area contributed by atoms with E-state index in [1.54, 1.807) is 0 Å². The highest BCUT2D eigenvalue weighted by Gasteiger charge is 2.25. The molecule has 2 aromatic heterocycles. The van der Waals surface area contributed by atoms with Crippen LogP contribution < -0.4 is 10.6 Å². The van der Waals surface area contributed by atoms with Crippen molar-refractivity contribution in [3.8, 4) is 0 Å². The van der Waals surface area contributed by atoms with Gasteiger partial charge in [-0.05, 0) is 30.3 Å². The molecule has 0 spiro atoms. The highest BCUT2D eigenvalue weighted by Crippen LogP contribution is 2.35. The minimum Gasteiger partial charge on any atom is -0.465 e.